The Labute approximate surface area is 176 Å². The van der Waals surface area contributed by atoms with Gasteiger partial charge in [-0.2, -0.15) is 0 Å². The Bertz CT molecular complexity index is 1020. The van der Waals surface area contributed by atoms with E-state index in [2.05, 4.69) is 5.32 Å². The summed E-state index contributed by atoms with van der Waals surface area (Å²) in [5, 5.41) is 2.75. The van der Waals surface area contributed by atoms with Gasteiger partial charge in [-0.3, -0.25) is 13.9 Å². The van der Waals surface area contributed by atoms with Crippen molar-refractivity contribution in [3.63, 3.8) is 0 Å². The van der Waals surface area contributed by atoms with Crippen LogP contribution in [0.4, 0.5) is 11.4 Å². The molecule has 2 amide bonds. The number of carbonyl (C=O) groups excluding carboxylic acids is 2. The number of nitrogens with zero attached hydrogens (tertiary/aromatic N) is 2. The number of carbonyl (C=O) groups is 2. The van der Waals surface area contributed by atoms with Crippen molar-refractivity contribution in [2.75, 3.05) is 35.7 Å². The Balaban J connectivity index is 1.65. The first kappa shape index (κ1) is 21.6. The zero-order valence-electron chi connectivity index (χ0n) is 17.0. The van der Waals surface area contributed by atoms with Crippen molar-refractivity contribution in [1.82, 2.24) is 5.32 Å². The van der Waals surface area contributed by atoms with E-state index in [9.17, 15) is 18.0 Å². The van der Waals surface area contributed by atoms with Crippen LogP contribution in [0, 0.1) is 0 Å². The summed E-state index contributed by atoms with van der Waals surface area (Å²) in [5.41, 5.74) is 2.01. The highest BCUT2D eigenvalue weighted by atomic mass is 32.2. The number of rotatable bonds is 8. The molecule has 1 heterocycles. The summed E-state index contributed by atoms with van der Waals surface area (Å²) >= 11 is 0. The van der Waals surface area contributed by atoms with Gasteiger partial charge < -0.3 is 15.0 Å². The van der Waals surface area contributed by atoms with Gasteiger partial charge >= 0.3 is 0 Å². The van der Waals surface area contributed by atoms with E-state index in [0.29, 0.717) is 24.4 Å². The fraction of sp³-hybridized carbons (Fsp3) is 0.333. The van der Waals surface area contributed by atoms with Crippen molar-refractivity contribution in [3.8, 4) is 5.75 Å². The summed E-state index contributed by atoms with van der Waals surface area (Å²) in [6, 6.07) is 13.9. The standard InChI is InChI=1S/C21H25N3O5S/c1-29-19-10-8-17(9-11-19)24(30(2,27)28)15-20(25)22-14-16-5-3-6-18(13-16)23-12-4-7-21(23)26/h3,5-6,8-11,13H,4,7,12,14-15H2,1-2H3,(H,22,25). The number of hydrogen-bond donors (Lipinski definition) is 1. The first-order valence-corrected chi connectivity index (χ1v) is 11.4. The Hall–Kier alpha value is -3.07. The van der Waals surface area contributed by atoms with Gasteiger partial charge in [0, 0.05) is 25.2 Å². The molecular formula is C21H25N3O5S. The van der Waals surface area contributed by atoms with E-state index in [-0.39, 0.29) is 19.0 Å². The lowest BCUT2D eigenvalue weighted by Crippen LogP contribution is -2.40. The second kappa shape index (κ2) is 9.17. The summed E-state index contributed by atoms with van der Waals surface area (Å²) in [4.78, 5) is 26.1. The SMILES string of the molecule is COc1ccc(N(CC(=O)NCc2cccc(N3CCCC3=O)c2)S(C)(=O)=O)cc1. The normalized spacial score (nSPS) is 13.9. The van der Waals surface area contributed by atoms with Gasteiger partial charge in [0.15, 0.2) is 0 Å². The summed E-state index contributed by atoms with van der Waals surface area (Å²) in [6.07, 6.45) is 2.45. The molecule has 2 aromatic rings. The molecule has 0 spiro atoms. The molecule has 2 aromatic carbocycles. The first-order chi connectivity index (χ1) is 14.3. The van der Waals surface area contributed by atoms with Crippen LogP contribution in [0.5, 0.6) is 5.75 Å². The second-order valence-electron chi connectivity index (χ2n) is 7.06. The molecule has 0 aliphatic carbocycles. The van der Waals surface area contributed by atoms with Gasteiger partial charge in [0.25, 0.3) is 0 Å². The average Bonchev–Trinajstić information content (AvgIpc) is 3.16. The summed E-state index contributed by atoms with van der Waals surface area (Å²) < 4.78 is 30.5. The molecule has 3 rings (SSSR count). The number of methoxy groups -OCH3 is 1. The third-order valence-electron chi connectivity index (χ3n) is 4.83. The molecule has 9 heteroatoms. The van der Waals surface area contributed by atoms with E-state index in [4.69, 9.17) is 4.74 Å². The molecule has 0 bridgehead atoms. The molecule has 1 fully saturated rings. The van der Waals surface area contributed by atoms with Gasteiger partial charge in [-0.1, -0.05) is 12.1 Å². The van der Waals surface area contributed by atoms with Crippen LogP contribution >= 0.6 is 0 Å². The van der Waals surface area contributed by atoms with Gasteiger partial charge in [-0.15, -0.1) is 0 Å². The van der Waals surface area contributed by atoms with Crippen molar-refractivity contribution >= 4 is 33.2 Å². The topological polar surface area (TPSA) is 96.0 Å². The zero-order valence-corrected chi connectivity index (χ0v) is 17.8. The monoisotopic (exact) mass is 431 g/mol. The maximum atomic E-state index is 12.5. The van der Waals surface area contributed by atoms with Crippen molar-refractivity contribution < 1.29 is 22.7 Å². The quantitative estimate of drug-likeness (QED) is 0.689. The minimum atomic E-state index is -3.65. The fourth-order valence-electron chi connectivity index (χ4n) is 3.29. The first-order valence-electron chi connectivity index (χ1n) is 9.56. The average molecular weight is 432 g/mol. The number of ether oxygens (including phenoxy) is 1. The Morgan fingerprint density at radius 2 is 1.93 bits per heavy atom. The van der Waals surface area contributed by atoms with Crippen LogP contribution in [0.3, 0.4) is 0 Å². The smallest absolute Gasteiger partial charge is 0.241 e. The van der Waals surface area contributed by atoms with Gasteiger partial charge in [0.05, 0.1) is 19.1 Å². The predicted octanol–water partition coefficient (Wildman–Crippen LogP) is 1.90. The molecule has 0 unspecified atom stereocenters. The maximum absolute atomic E-state index is 12.5. The van der Waals surface area contributed by atoms with E-state index in [1.165, 1.54) is 7.11 Å². The Kier molecular flexibility index (Phi) is 6.61. The largest absolute Gasteiger partial charge is 0.497 e. The number of sulfonamides is 1. The van der Waals surface area contributed by atoms with Gasteiger partial charge in [-0.05, 0) is 48.4 Å². The molecule has 1 aliphatic heterocycles. The number of nitrogens with one attached hydrogen (secondary N) is 1. The highest BCUT2D eigenvalue weighted by molar-refractivity contribution is 7.92. The molecule has 160 valence electrons. The van der Waals surface area contributed by atoms with Crippen molar-refractivity contribution in [2.24, 2.45) is 0 Å². The van der Waals surface area contributed by atoms with Gasteiger partial charge in [0.1, 0.15) is 12.3 Å². The van der Waals surface area contributed by atoms with Gasteiger partial charge in [0.2, 0.25) is 21.8 Å². The van der Waals surface area contributed by atoms with E-state index in [0.717, 1.165) is 28.2 Å². The molecule has 30 heavy (non-hydrogen) atoms. The predicted molar refractivity (Wildman–Crippen MR) is 115 cm³/mol. The second-order valence-corrected chi connectivity index (χ2v) is 8.97. The number of anilines is 2. The van der Waals surface area contributed by atoms with Crippen molar-refractivity contribution in [3.05, 3.63) is 54.1 Å². The molecule has 8 nitrogen and oxygen atoms in total. The van der Waals surface area contributed by atoms with Crippen LogP contribution in [0.1, 0.15) is 18.4 Å². The molecule has 1 N–H and O–H groups in total. The van der Waals surface area contributed by atoms with Crippen LogP contribution in [0.15, 0.2) is 48.5 Å². The molecule has 0 atom stereocenters. The van der Waals surface area contributed by atoms with E-state index >= 15 is 0 Å². The third-order valence-corrected chi connectivity index (χ3v) is 5.97. The minimum Gasteiger partial charge on any atom is -0.497 e. The lowest BCUT2D eigenvalue weighted by atomic mass is 10.2. The minimum absolute atomic E-state index is 0.0967. The highest BCUT2D eigenvalue weighted by Crippen LogP contribution is 2.23. The van der Waals surface area contributed by atoms with Crippen LogP contribution in [-0.4, -0.2) is 46.7 Å². The Morgan fingerprint density at radius 1 is 1.20 bits per heavy atom. The zero-order chi connectivity index (χ0) is 21.7. The van der Waals surface area contributed by atoms with Crippen molar-refractivity contribution in [1.29, 1.82) is 0 Å². The molecule has 1 aliphatic rings. The maximum Gasteiger partial charge on any atom is 0.241 e. The summed E-state index contributed by atoms with van der Waals surface area (Å²) in [5.74, 6) is 0.256. The molecule has 0 aromatic heterocycles. The van der Waals surface area contributed by atoms with E-state index in [1.54, 1.807) is 29.2 Å². The summed E-state index contributed by atoms with van der Waals surface area (Å²) in [7, 11) is -2.13. The van der Waals surface area contributed by atoms with E-state index < -0.39 is 15.9 Å². The fourth-order valence-corrected chi connectivity index (χ4v) is 4.15. The Morgan fingerprint density at radius 3 is 2.53 bits per heavy atom. The number of amides is 2. The van der Waals surface area contributed by atoms with Crippen LogP contribution < -0.4 is 19.3 Å². The summed E-state index contributed by atoms with van der Waals surface area (Å²) in [6.45, 7) is 0.588. The number of benzene rings is 2. The van der Waals surface area contributed by atoms with Crippen molar-refractivity contribution in [2.45, 2.75) is 19.4 Å². The molecule has 1 saturated heterocycles. The lowest BCUT2D eigenvalue weighted by Gasteiger charge is -2.22. The molecular weight excluding hydrogens is 406 g/mol. The van der Waals surface area contributed by atoms with E-state index in [1.807, 2.05) is 24.3 Å². The number of hydrogen-bond acceptors (Lipinski definition) is 5. The lowest BCUT2D eigenvalue weighted by molar-refractivity contribution is -0.120. The van der Waals surface area contributed by atoms with Gasteiger partial charge in [-0.25, -0.2) is 8.42 Å². The van der Waals surface area contributed by atoms with Crippen LogP contribution in [0.25, 0.3) is 0 Å². The molecule has 0 radical (unpaired) electrons. The molecule has 0 saturated carbocycles. The highest BCUT2D eigenvalue weighted by Gasteiger charge is 2.22. The van der Waals surface area contributed by atoms with Crippen LogP contribution in [0.2, 0.25) is 0 Å². The van der Waals surface area contributed by atoms with Crippen LogP contribution in [-0.2, 0) is 26.2 Å². The third kappa shape index (κ3) is 5.29.